The van der Waals surface area contributed by atoms with Crippen molar-refractivity contribution in [2.75, 3.05) is 16.2 Å². The highest BCUT2D eigenvalue weighted by Crippen LogP contribution is 2.24. The standard InChI is InChI=1S/C19H23N3O3S2/c1-3-8-18(23)21-19(26)20-15-11-13-17(14-12-15)27(24,25)22(4-2)16-9-6-5-7-10-16/h5-7,9-14H,3-4,8H2,1-2H3,(H2,20,21,23,26). The van der Waals surface area contributed by atoms with E-state index in [-0.39, 0.29) is 15.9 Å². The molecule has 0 heterocycles. The van der Waals surface area contributed by atoms with E-state index in [2.05, 4.69) is 10.6 Å². The highest BCUT2D eigenvalue weighted by atomic mass is 32.2. The van der Waals surface area contributed by atoms with Gasteiger partial charge in [0.05, 0.1) is 10.6 Å². The van der Waals surface area contributed by atoms with Crippen LogP contribution in [0.25, 0.3) is 0 Å². The highest BCUT2D eigenvalue weighted by Gasteiger charge is 2.23. The molecule has 0 radical (unpaired) electrons. The molecule has 144 valence electrons. The molecular weight excluding hydrogens is 382 g/mol. The Morgan fingerprint density at radius 1 is 1.04 bits per heavy atom. The molecule has 2 aromatic rings. The molecule has 0 saturated heterocycles. The zero-order chi connectivity index (χ0) is 19.9. The number of rotatable bonds is 7. The molecule has 0 fully saturated rings. The lowest BCUT2D eigenvalue weighted by Gasteiger charge is -2.23. The molecule has 8 heteroatoms. The minimum Gasteiger partial charge on any atom is -0.332 e. The van der Waals surface area contributed by atoms with Crippen molar-refractivity contribution in [3.63, 3.8) is 0 Å². The van der Waals surface area contributed by atoms with Crippen LogP contribution in [0.2, 0.25) is 0 Å². The second kappa shape index (κ2) is 9.48. The van der Waals surface area contributed by atoms with Crippen molar-refractivity contribution in [2.24, 2.45) is 0 Å². The van der Waals surface area contributed by atoms with E-state index in [1.165, 1.54) is 16.4 Å². The Morgan fingerprint density at radius 3 is 2.22 bits per heavy atom. The molecule has 2 aromatic carbocycles. The minimum absolute atomic E-state index is 0.157. The Hall–Kier alpha value is -2.45. The Kier molecular flexibility index (Phi) is 7.32. The second-order valence-corrected chi connectivity index (χ2v) is 8.05. The predicted molar refractivity (Wildman–Crippen MR) is 112 cm³/mol. The molecule has 0 atom stereocenters. The number of para-hydroxylation sites is 1. The van der Waals surface area contributed by atoms with Crippen molar-refractivity contribution in [1.29, 1.82) is 0 Å². The number of nitrogens with zero attached hydrogens (tertiary/aromatic N) is 1. The minimum atomic E-state index is -3.67. The summed E-state index contributed by atoms with van der Waals surface area (Å²) in [5, 5.41) is 5.64. The van der Waals surface area contributed by atoms with Gasteiger partial charge in [-0.25, -0.2) is 8.42 Å². The molecule has 2 rings (SSSR count). The summed E-state index contributed by atoms with van der Waals surface area (Å²) in [4.78, 5) is 11.7. The molecule has 0 aromatic heterocycles. The molecule has 0 saturated carbocycles. The van der Waals surface area contributed by atoms with E-state index in [1.807, 2.05) is 13.0 Å². The maximum Gasteiger partial charge on any atom is 0.264 e. The third kappa shape index (κ3) is 5.51. The molecular formula is C19H23N3O3S2. The van der Waals surface area contributed by atoms with Crippen LogP contribution in [0.4, 0.5) is 11.4 Å². The van der Waals surface area contributed by atoms with Gasteiger partial charge in [-0.15, -0.1) is 0 Å². The first-order valence-electron chi connectivity index (χ1n) is 8.67. The Bertz CT molecular complexity index is 882. The van der Waals surface area contributed by atoms with Crippen LogP contribution in [-0.2, 0) is 14.8 Å². The van der Waals surface area contributed by atoms with Gasteiger partial charge >= 0.3 is 0 Å². The van der Waals surface area contributed by atoms with Crippen LogP contribution in [0.3, 0.4) is 0 Å². The Morgan fingerprint density at radius 2 is 1.67 bits per heavy atom. The lowest BCUT2D eigenvalue weighted by Crippen LogP contribution is -2.33. The SMILES string of the molecule is CCCC(=O)NC(=S)Nc1ccc(S(=O)(=O)N(CC)c2ccccc2)cc1. The molecule has 0 aliphatic heterocycles. The summed E-state index contributed by atoms with van der Waals surface area (Å²) in [5.41, 5.74) is 1.21. The van der Waals surface area contributed by atoms with Gasteiger partial charge in [0.2, 0.25) is 5.91 Å². The highest BCUT2D eigenvalue weighted by molar-refractivity contribution is 7.92. The van der Waals surface area contributed by atoms with Gasteiger partial charge < -0.3 is 10.6 Å². The van der Waals surface area contributed by atoms with Crippen LogP contribution in [-0.4, -0.2) is 26.0 Å². The number of anilines is 2. The number of thiocarbonyl (C=S) groups is 1. The van der Waals surface area contributed by atoms with E-state index in [4.69, 9.17) is 12.2 Å². The van der Waals surface area contributed by atoms with Gasteiger partial charge in [0.15, 0.2) is 5.11 Å². The third-order valence-corrected chi connectivity index (χ3v) is 5.88. The van der Waals surface area contributed by atoms with Gasteiger partial charge in [0.25, 0.3) is 10.0 Å². The lowest BCUT2D eigenvalue weighted by molar-refractivity contribution is -0.119. The number of amides is 1. The van der Waals surface area contributed by atoms with Crippen LogP contribution in [0.15, 0.2) is 59.5 Å². The number of carbonyl (C=O) groups is 1. The number of carbonyl (C=O) groups excluding carboxylic acids is 1. The average Bonchev–Trinajstić information content (AvgIpc) is 2.63. The summed E-state index contributed by atoms with van der Waals surface area (Å²) < 4.78 is 27.2. The van der Waals surface area contributed by atoms with Crippen molar-refractivity contribution < 1.29 is 13.2 Å². The van der Waals surface area contributed by atoms with Gasteiger partial charge in [0.1, 0.15) is 0 Å². The second-order valence-electron chi connectivity index (χ2n) is 5.78. The quantitative estimate of drug-likeness (QED) is 0.689. The van der Waals surface area contributed by atoms with E-state index in [1.54, 1.807) is 43.3 Å². The van der Waals surface area contributed by atoms with Crippen LogP contribution in [0, 0.1) is 0 Å². The fraction of sp³-hybridized carbons (Fsp3) is 0.263. The van der Waals surface area contributed by atoms with Gasteiger partial charge in [-0.3, -0.25) is 9.10 Å². The topological polar surface area (TPSA) is 78.5 Å². The molecule has 6 nitrogen and oxygen atoms in total. The number of benzene rings is 2. The molecule has 0 unspecified atom stereocenters. The van der Waals surface area contributed by atoms with E-state index in [0.717, 1.165) is 6.42 Å². The normalized spacial score (nSPS) is 10.9. The first kappa shape index (κ1) is 20.9. The van der Waals surface area contributed by atoms with Crippen molar-refractivity contribution in [2.45, 2.75) is 31.6 Å². The van der Waals surface area contributed by atoms with Crippen molar-refractivity contribution in [3.05, 3.63) is 54.6 Å². The maximum absolute atomic E-state index is 12.9. The monoisotopic (exact) mass is 405 g/mol. The van der Waals surface area contributed by atoms with Gasteiger partial charge in [-0.2, -0.15) is 0 Å². The summed E-state index contributed by atoms with van der Waals surface area (Å²) in [6.07, 6.45) is 1.13. The van der Waals surface area contributed by atoms with Gasteiger partial charge in [-0.1, -0.05) is 25.1 Å². The van der Waals surface area contributed by atoms with Crippen LogP contribution >= 0.6 is 12.2 Å². The average molecular weight is 406 g/mol. The van der Waals surface area contributed by atoms with Crippen molar-refractivity contribution in [1.82, 2.24) is 5.32 Å². The van der Waals surface area contributed by atoms with E-state index in [0.29, 0.717) is 24.3 Å². The van der Waals surface area contributed by atoms with Crippen LogP contribution in [0.1, 0.15) is 26.7 Å². The first-order valence-corrected chi connectivity index (χ1v) is 10.5. The number of nitrogens with one attached hydrogen (secondary N) is 2. The molecule has 0 bridgehead atoms. The molecule has 0 aliphatic rings. The fourth-order valence-corrected chi connectivity index (χ4v) is 4.21. The first-order chi connectivity index (χ1) is 12.9. The molecule has 27 heavy (non-hydrogen) atoms. The van der Waals surface area contributed by atoms with Crippen LogP contribution < -0.4 is 14.9 Å². The van der Waals surface area contributed by atoms with Gasteiger partial charge in [-0.05, 0) is 62.0 Å². The summed E-state index contributed by atoms with van der Waals surface area (Å²) in [7, 11) is -3.67. The molecule has 1 amide bonds. The molecule has 2 N–H and O–H groups in total. The maximum atomic E-state index is 12.9. The Labute approximate surface area is 165 Å². The largest absolute Gasteiger partial charge is 0.332 e. The van der Waals surface area contributed by atoms with Crippen LogP contribution in [0.5, 0.6) is 0 Å². The summed E-state index contributed by atoms with van der Waals surface area (Å²) >= 11 is 5.09. The van der Waals surface area contributed by atoms with E-state index in [9.17, 15) is 13.2 Å². The lowest BCUT2D eigenvalue weighted by atomic mass is 10.3. The third-order valence-electron chi connectivity index (χ3n) is 3.76. The van der Waals surface area contributed by atoms with Gasteiger partial charge in [0, 0.05) is 18.7 Å². The number of sulfonamides is 1. The zero-order valence-corrected chi connectivity index (χ0v) is 16.9. The smallest absolute Gasteiger partial charge is 0.264 e. The van der Waals surface area contributed by atoms with Crippen molar-refractivity contribution >= 4 is 44.6 Å². The number of hydrogen-bond acceptors (Lipinski definition) is 4. The van der Waals surface area contributed by atoms with E-state index >= 15 is 0 Å². The number of hydrogen-bond donors (Lipinski definition) is 2. The molecule has 0 aliphatic carbocycles. The van der Waals surface area contributed by atoms with Crippen molar-refractivity contribution in [3.8, 4) is 0 Å². The summed E-state index contributed by atoms with van der Waals surface area (Å²) in [6.45, 7) is 4.02. The Balaban J connectivity index is 2.13. The molecule has 0 spiro atoms. The van der Waals surface area contributed by atoms with E-state index < -0.39 is 10.0 Å². The summed E-state index contributed by atoms with van der Waals surface area (Å²) in [6, 6.07) is 15.2. The fourth-order valence-electron chi connectivity index (χ4n) is 2.50. The predicted octanol–water partition coefficient (Wildman–Crippen LogP) is 3.51. The summed E-state index contributed by atoms with van der Waals surface area (Å²) in [5.74, 6) is -0.157. The zero-order valence-electron chi connectivity index (χ0n) is 15.3.